The zero-order chi connectivity index (χ0) is 14.4. The first-order valence-corrected chi connectivity index (χ1v) is 7.30. The van der Waals surface area contributed by atoms with E-state index in [2.05, 4.69) is 10.2 Å². The minimum atomic E-state index is -0.283. The van der Waals surface area contributed by atoms with Crippen LogP contribution in [0.3, 0.4) is 0 Å². The van der Waals surface area contributed by atoms with Crippen LogP contribution in [0.25, 0.3) is 0 Å². The van der Waals surface area contributed by atoms with Gasteiger partial charge in [-0.05, 0) is 51.9 Å². The van der Waals surface area contributed by atoms with Gasteiger partial charge in [0.1, 0.15) is 0 Å². The van der Waals surface area contributed by atoms with Crippen LogP contribution >= 0.6 is 12.4 Å². The number of nitrogens with zero attached hydrogens (tertiary/aromatic N) is 2. The van der Waals surface area contributed by atoms with E-state index in [1.54, 1.807) is 12.1 Å². The van der Waals surface area contributed by atoms with Gasteiger partial charge >= 0.3 is 0 Å². The number of hydrogen-bond donors (Lipinski definition) is 1. The molecule has 1 aliphatic heterocycles. The molecule has 1 heterocycles. The smallest absolute Gasteiger partial charge is 0.273 e. The van der Waals surface area contributed by atoms with Crippen molar-refractivity contribution in [2.75, 3.05) is 26.7 Å². The summed E-state index contributed by atoms with van der Waals surface area (Å²) in [5.41, 5.74) is 1.07. The second-order valence-electron chi connectivity index (χ2n) is 5.50. The molecule has 1 saturated heterocycles. The second kappa shape index (κ2) is 8.97. The number of piperidine rings is 1. The maximum Gasteiger partial charge on any atom is 0.273 e. The van der Waals surface area contributed by atoms with Crippen LogP contribution in [-0.2, 0) is 6.54 Å². The molecule has 0 saturated carbocycles. The van der Waals surface area contributed by atoms with Gasteiger partial charge in [-0.15, -0.1) is 12.4 Å². The first-order chi connectivity index (χ1) is 9.70. The van der Waals surface area contributed by atoms with Crippen molar-refractivity contribution in [3.63, 3.8) is 0 Å². The van der Waals surface area contributed by atoms with E-state index in [0.717, 1.165) is 31.1 Å². The molecule has 0 aromatic heterocycles. The van der Waals surface area contributed by atoms with Crippen molar-refractivity contribution in [3.8, 4) is 0 Å². The van der Waals surface area contributed by atoms with Gasteiger partial charge in [0.25, 0.3) is 5.69 Å². The molecule has 118 valence electrons. The summed E-state index contributed by atoms with van der Waals surface area (Å²) in [5.74, 6) is 0.796. The van der Waals surface area contributed by atoms with Crippen LogP contribution in [0.1, 0.15) is 24.8 Å². The summed E-state index contributed by atoms with van der Waals surface area (Å²) in [7, 11) is 1.99. The van der Waals surface area contributed by atoms with Crippen LogP contribution in [0, 0.1) is 16.0 Å². The van der Waals surface area contributed by atoms with E-state index in [1.165, 1.54) is 19.3 Å². The molecule has 1 N–H and O–H groups in total. The average molecular weight is 314 g/mol. The van der Waals surface area contributed by atoms with E-state index in [4.69, 9.17) is 0 Å². The van der Waals surface area contributed by atoms with E-state index < -0.39 is 0 Å². The number of halogens is 1. The van der Waals surface area contributed by atoms with Gasteiger partial charge in [-0.25, -0.2) is 0 Å². The highest BCUT2D eigenvalue weighted by atomic mass is 35.5. The quantitative estimate of drug-likeness (QED) is 0.648. The Morgan fingerprint density at radius 2 is 2.00 bits per heavy atom. The molecule has 2 rings (SSSR count). The number of likely N-dealkylation sites (tertiary alicyclic amines) is 1. The molecular formula is C15H24ClN3O2. The fourth-order valence-corrected chi connectivity index (χ4v) is 2.85. The number of nitro benzene ring substituents is 1. The van der Waals surface area contributed by atoms with Gasteiger partial charge < -0.3 is 5.32 Å². The van der Waals surface area contributed by atoms with Crippen LogP contribution < -0.4 is 5.32 Å². The molecule has 0 bridgehead atoms. The normalized spacial score (nSPS) is 16.4. The minimum Gasteiger partial charge on any atom is -0.320 e. The van der Waals surface area contributed by atoms with Crippen molar-refractivity contribution in [2.45, 2.75) is 25.8 Å². The van der Waals surface area contributed by atoms with Crippen molar-refractivity contribution in [1.82, 2.24) is 10.2 Å². The highest BCUT2D eigenvalue weighted by Gasteiger charge is 2.21. The number of rotatable bonds is 6. The molecular weight excluding hydrogens is 290 g/mol. The summed E-state index contributed by atoms with van der Waals surface area (Å²) in [5, 5.41) is 14.2. The SMILES string of the molecule is CNCCC1CCN(Cc2ccccc2[N+](=O)[O-])CC1.Cl. The van der Waals surface area contributed by atoms with Crippen LogP contribution in [0.5, 0.6) is 0 Å². The minimum absolute atomic E-state index is 0. The Labute approximate surface area is 132 Å². The summed E-state index contributed by atoms with van der Waals surface area (Å²) < 4.78 is 0. The van der Waals surface area contributed by atoms with Gasteiger partial charge in [-0.1, -0.05) is 18.2 Å². The van der Waals surface area contributed by atoms with E-state index in [9.17, 15) is 10.1 Å². The lowest BCUT2D eigenvalue weighted by Gasteiger charge is -2.31. The fourth-order valence-electron chi connectivity index (χ4n) is 2.85. The second-order valence-corrected chi connectivity index (χ2v) is 5.50. The maximum atomic E-state index is 11.0. The van der Waals surface area contributed by atoms with E-state index in [0.29, 0.717) is 6.54 Å². The van der Waals surface area contributed by atoms with Gasteiger partial charge in [0.2, 0.25) is 0 Å². The molecule has 0 spiro atoms. The Bertz CT molecular complexity index is 448. The summed E-state index contributed by atoms with van der Waals surface area (Å²) in [4.78, 5) is 13.1. The van der Waals surface area contributed by atoms with Crippen molar-refractivity contribution in [1.29, 1.82) is 0 Å². The third-order valence-electron chi connectivity index (χ3n) is 4.09. The van der Waals surface area contributed by atoms with Gasteiger partial charge in [-0.2, -0.15) is 0 Å². The summed E-state index contributed by atoms with van der Waals surface area (Å²) in [6, 6.07) is 7.06. The van der Waals surface area contributed by atoms with Crippen LogP contribution in [0.2, 0.25) is 0 Å². The zero-order valence-electron chi connectivity index (χ0n) is 12.5. The standard InChI is InChI=1S/C15H23N3O2.ClH/c1-16-9-6-13-7-10-17(11-8-13)12-14-4-2-3-5-15(14)18(19)20;/h2-5,13,16H,6-12H2,1H3;1H. The molecule has 0 aliphatic carbocycles. The largest absolute Gasteiger partial charge is 0.320 e. The van der Waals surface area contributed by atoms with Gasteiger partial charge in [0.15, 0.2) is 0 Å². The van der Waals surface area contributed by atoms with Gasteiger partial charge in [-0.3, -0.25) is 15.0 Å². The van der Waals surface area contributed by atoms with E-state index in [1.807, 2.05) is 19.2 Å². The van der Waals surface area contributed by atoms with Crippen LogP contribution in [0.4, 0.5) is 5.69 Å². The zero-order valence-corrected chi connectivity index (χ0v) is 13.3. The Kier molecular flexibility index (Phi) is 7.64. The summed E-state index contributed by atoms with van der Waals surface area (Å²) in [6.45, 7) is 3.85. The third-order valence-corrected chi connectivity index (χ3v) is 4.09. The molecule has 0 amide bonds. The van der Waals surface area contributed by atoms with Crippen molar-refractivity contribution in [3.05, 3.63) is 39.9 Å². The average Bonchev–Trinajstić information content (AvgIpc) is 2.47. The molecule has 21 heavy (non-hydrogen) atoms. The molecule has 0 atom stereocenters. The molecule has 1 fully saturated rings. The fraction of sp³-hybridized carbons (Fsp3) is 0.600. The Hall–Kier alpha value is -1.17. The summed E-state index contributed by atoms with van der Waals surface area (Å²) >= 11 is 0. The maximum absolute atomic E-state index is 11.0. The monoisotopic (exact) mass is 313 g/mol. The third kappa shape index (κ3) is 5.26. The molecule has 5 nitrogen and oxygen atoms in total. The molecule has 6 heteroatoms. The first-order valence-electron chi connectivity index (χ1n) is 7.30. The number of para-hydroxylation sites is 1. The van der Waals surface area contributed by atoms with Crippen LogP contribution in [-0.4, -0.2) is 36.5 Å². The highest BCUT2D eigenvalue weighted by molar-refractivity contribution is 5.85. The van der Waals surface area contributed by atoms with Crippen LogP contribution in [0.15, 0.2) is 24.3 Å². The van der Waals surface area contributed by atoms with Crippen molar-refractivity contribution >= 4 is 18.1 Å². The molecule has 0 unspecified atom stereocenters. The molecule has 1 aromatic carbocycles. The molecule has 1 aromatic rings. The lowest BCUT2D eigenvalue weighted by molar-refractivity contribution is -0.385. The Balaban J connectivity index is 0.00000220. The first kappa shape index (κ1) is 17.9. The van der Waals surface area contributed by atoms with Gasteiger partial charge in [0.05, 0.1) is 4.92 Å². The topological polar surface area (TPSA) is 58.4 Å². The Morgan fingerprint density at radius 1 is 1.33 bits per heavy atom. The number of benzene rings is 1. The molecule has 1 aliphatic rings. The lowest BCUT2D eigenvalue weighted by Crippen LogP contribution is -2.34. The van der Waals surface area contributed by atoms with E-state index in [-0.39, 0.29) is 23.0 Å². The van der Waals surface area contributed by atoms with Gasteiger partial charge in [0, 0.05) is 18.2 Å². The number of nitro groups is 1. The summed E-state index contributed by atoms with van der Waals surface area (Å²) in [6.07, 6.45) is 3.63. The highest BCUT2D eigenvalue weighted by Crippen LogP contribution is 2.24. The van der Waals surface area contributed by atoms with Crippen molar-refractivity contribution < 1.29 is 4.92 Å². The Morgan fingerprint density at radius 3 is 2.62 bits per heavy atom. The van der Waals surface area contributed by atoms with Crippen molar-refractivity contribution in [2.24, 2.45) is 5.92 Å². The predicted molar refractivity (Wildman–Crippen MR) is 86.9 cm³/mol. The lowest BCUT2D eigenvalue weighted by atomic mass is 9.93. The molecule has 0 radical (unpaired) electrons. The number of nitrogens with one attached hydrogen (secondary N) is 1. The predicted octanol–water partition coefficient (Wildman–Crippen LogP) is 2.84. The number of hydrogen-bond acceptors (Lipinski definition) is 4. The van der Waals surface area contributed by atoms with E-state index >= 15 is 0 Å².